The molecule has 8 nitrogen and oxygen atoms in total. The minimum atomic E-state index is -0.395. The van der Waals surface area contributed by atoms with E-state index in [0.29, 0.717) is 36.3 Å². The molecule has 1 atom stereocenters. The highest BCUT2D eigenvalue weighted by Crippen LogP contribution is 2.42. The largest absolute Gasteiger partial charge is 0.497 e. The molecule has 8 heteroatoms. The number of carbonyl (C=O) groups is 1. The number of allylic oxidation sites excluding steroid dienone is 2. The van der Waals surface area contributed by atoms with Gasteiger partial charge in [-0.1, -0.05) is 6.07 Å². The Morgan fingerprint density at radius 3 is 2.61 bits per heavy atom. The van der Waals surface area contributed by atoms with Crippen LogP contribution in [0.15, 0.2) is 53.7 Å². The van der Waals surface area contributed by atoms with Crippen LogP contribution in [-0.4, -0.2) is 41.4 Å². The van der Waals surface area contributed by atoms with Crippen molar-refractivity contribution in [1.29, 1.82) is 0 Å². The number of carbonyl (C=O) groups excluding carboxylic acids is 1. The van der Waals surface area contributed by atoms with Gasteiger partial charge in [-0.05, 0) is 61.7 Å². The number of rotatable bonds is 6. The molecule has 2 heterocycles. The fourth-order valence-corrected chi connectivity index (χ4v) is 4.46. The zero-order valence-corrected chi connectivity index (χ0v) is 18.9. The van der Waals surface area contributed by atoms with Crippen LogP contribution in [0.3, 0.4) is 0 Å². The van der Waals surface area contributed by atoms with E-state index in [0.717, 1.165) is 41.0 Å². The van der Waals surface area contributed by atoms with Gasteiger partial charge in [0.25, 0.3) is 0 Å². The number of nitrogens with zero attached hydrogens (tertiary/aromatic N) is 3. The van der Waals surface area contributed by atoms with E-state index in [2.05, 4.69) is 5.32 Å². The standard InChI is InChI=1S/C25H26N4O4/c1-4-33-20-13-10-16(14-21(20)32-3)23-22-18(6-5-7-19(22)30)26-25-27-24(28-29(23)25)15-8-11-17(31-2)12-9-15/h8-14,23H,4-7H2,1-3H3,(H,26,27,28)/t23-/m1/s1. The molecule has 3 aromatic rings. The van der Waals surface area contributed by atoms with Gasteiger partial charge in [-0.2, -0.15) is 4.98 Å². The third kappa shape index (κ3) is 3.71. The van der Waals surface area contributed by atoms with Crippen molar-refractivity contribution in [1.82, 2.24) is 14.8 Å². The summed E-state index contributed by atoms with van der Waals surface area (Å²) in [7, 11) is 3.25. The maximum absolute atomic E-state index is 13.1. The highest BCUT2D eigenvalue weighted by atomic mass is 16.5. The van der Waals surface area contributed by atoms with Gasteiger partial charge in [0.2, 0.25) is 5.95 Å². The second-order valence-corrected chi connectivity index (χ2v) is 7.97. The molecule has 2 aromatic carbocycles. The predicted molar refractivity (Wildman–Crippen MR) is 124 cm³/mol. The molecule has 5 rings (SSSR count). The molecule has 1 aliphatic heterocycles. The number of hydrogen-bond acceptors (Lipinski definition) is 7. The van der Waals surface area contributed by atoms with Crippen molar-refractivity contribution in [2.75, 3.05) is 26.1 Å². The summed E-state index contributed by atoms with van der Waals surface area (Å²) < 4.78 is 18.3. The lowest BCUT2D eigenvalue weighted by Crippen LogP contribution is -2.31. The zero-order chi connectivity index (χ0) is 22.9. The highest BCUT2D eigenvalue weighted by Gasteiger charge is 2.37. The molecule has 1 aliphatic carbocycles. The maximum atomic E-state index is 13.1. The molecule has 0 radical (unpaired) electrons. The van der Waals surface area contributed by atoms with Crippen LogP contribution in [0.25, 0.3) is 11.4 Å². The van der Waals surface area contributed by atoms with Crippen LogP contribution < -0.4 is 19.5 Å². The van der Waals surface area contributed by atoms with Crippen molar-refractivity contribution in [3.63, 3.8) is 0 Å². The fourth-order valence-electron chi connectivity index (χ4n) is 4.46. The van der Waals surface area contributed by atoms with E-state index in [1.54, 1.807) is 18.9 Å². The Balaban J connectivity index is 1.63. The molecule has 1 N–H and O–H groups in total. The summed E-state index contributed by atoms with van der Waals surface area (Å²) in [6, 6.07) is 13.0. The first-order valence-electron chi connectivity index (χ1n) is 11.1. The van der Waals surface area contributed by atoms with Crippen molar-refractivity contribution < 1.29 is 19.0 Å². The van der Waals surface area contributed by atoms with Crippen molar-refractivity contribution in [2.24, 2.45) is 0 Å². The lowest BCUT2D eigenvalue weighted by atomic mass is 9.85. The van der Waals surface area contributed by atoms with Crippen molar-refractivity contribution in [3.8, 4) is 28.6 Å². The van der Waals surface area contributed by atoms with Gasteiger partial charge in [-0.3, -0.25) is 4.79 Å². The summed E-state index contributed by atoms with van der Waals surface area (Å²) in [6.07, 6.45) is 2.15. The SMILES string of the molecule is CCOc1ccc([C@@H]2C3=C(CCCC3=O)Nc3nc(-c4ccc(OC)cc4)nn32)cc1OC. The van der Waals surface area contributed by atoms with Gasteiger partial charge in [0, 0.05) is 23.3 Å². The molecule has 33 heavy (non-hydrogen) atoms. The summed E-state index contributed by atoms with van der Waals surface area (Å²) in [6.45, 7) is 2.47. The number of anilines is 1. The number of methoxy groups -OCH3 is 2. The Hall–Kier alpha value is -3.81. The summed E-state index contributed by atoms with van der Waals surface area (Å²) in [5.41, 5.74) is 3.43. The predicted octanol–water partition coefficient (Wildman–Crippen LogP) is 4.38. The zero-order valence-electron chi connectivity index (χ0n) is 18.9. The molecule has 0 fully saturated rings. The van der Waals surface area contributed by atoms with E-state index >= 15 is 0 Å². The second-order valence-electron chi connectivity index (χ2n) is 7.97. The van der Waals surface area contributed by atoms with E-state index in [-0.39, 0.29) is 5.78 Å². The molecular formula is C25H26N4O4. The first kappa shape index (κ1) is 21.1. The van der Waals surface area contributed by atoms with E-state index in [1.165, 1.54) is 0 Å². The number of ether oxygens (including phenoxy) is 3. The number of fused-ring (bicyclic) bond motifs is 1. The minimum Gasteiger partial charge on any atom is -0.497 e. The Morgan fingerprint density at radius 1 is 1.06 bits per heavy atom. The molecule has 1 aromatic heterocycles. The highest BCUT2D eigenvalue weighted by molar-refractivity contribution is 5.99. The average molecular weight is 447 g/mol. The van der Waals surface area contributed by atoms with Crippen LogP contribution in [0.1, 0.15) is 37.8 Å². The van der Waals surface area contributed by atoms with E-state index < -0.39 is 6.04 Å². The van der Waals surface area contributed by atoms with Gasteiger partial charge in [0.15, 0.2) is 23.1 Å². The topological polar surface area (TPSA) is 87.5 Å². The molecule has 0 saturated heterocycles. The van der Waals surface area contributed by atoms with Crippen LogP contribution in [0.4, 0.5) is 5.95 Å². The van der Waals surface area contributed by atoms with Crippen LogP contribution in [0.2, 0.25) is 0 Å². The van der Waals surface area contributed by atoms with Gasteiger partial charge < -0.3 is 19.5 Å². The van der Waals surface area contributed by atoms with Gasteiger partial charge in [0.05, 0.1) is 20.8 Å². The van der Waals surface area contributed by atoms with E-state index in [9.17, 15) is 4.79 Å². The number of nitrogens with one attached hydrogen (secondary N) is 1. The Bertz CT molecular complexity index is 1230. The normalized spacial score (nSPS) is 17.2. The van der Waals surface area contributed by atoms with E-state index in [1.807, 2.05) is 49.4 Å². The molecule has 0 bridgehead atoms. The Morgan fingerprint density at radius 2 is 1.88 bits per heavy atom. The molecule has 0 spiro atoms. The lowest BCUT2D eigenvalue weighted by molar-refractivity contribution is -0.116. The maximum Gasteiger partial charge on any atom is 0.226 e. The van der Waals surface area contributed by atoms with Gasteiger partial charge in [0.1, 0.15) is 11.8 Å². The third-order valence-corrected chi connectivity index (χ3v) is 6.02. The van der Waals surface area contributed by atoms with Crippen LogP contribution >= 0.6 is 0 Å². The van der Waals surface area contributed by atoms with Crippen LogP contribution in [0, 0.1) is 0 Å². The second kappa shape index (κ2) is 8.61. The van der Waals surface area contributed by atoms with Gasteiger partial charge in [-0.15, -0.1) is 5.10 Å². The van der Waals surface area contributed by atoms with Gasteiger partial charge in [-0.25, -0.2) is 4.68 Å². The van der Waals surface area contributed by atoms with Gasteiger partial charge >= 0.3 is 0 Å². The summed E-state index contributed by atoms with van der Waals surface area (Å²) in [5.74, 6) is 3.38. The Labute approximate surface area is 192 Å². The summed E-state index contributed by atoms with van der Waals surface area (Å²) in [4.78, 5) is 17.8. The van der Waals surface area contributed by atoms with Crippen LogP contribution in [-0.2, 0) is 4.79 Å². The molecule has 2 aliphatic rings. The number of aromatic nitrogens is 3. The number of hydrogen-bond donors (Lipinski definition) is 1. The molecule has 0 unspecified atom stereocenters. The lowest BCUT2D eigenvalue weighted by Gasteiger charge is -2.32. The quantitative estimate of drug-likeness (QED) is 0.601. The van der Waals surface area contributed by atoms with Crippen molar-refractivity contribution >= 4 is 11.7 Å². The van der Waals surface area contributed by atoms with Crippen molar-refractivity contribution in [3.05, 3.63) is 59.3 Å². The van der Waals surface area contributed by atoms with E-state index in [4.69, 9.17) is 24.3 Å². The smallest absolute Gasteiger partial charge is 0.226 e. The minimum absolute atomic E-state index is 0.133. The number of benzene rings is 2. The fraction of sp³-hybridized carbons (Fsp3) is 0.320. The Kier molecular flexibility index (Phi) is 5.50. The number of Topliss-reactive ketones (excluding diaryl/α,β-unsaturated/α-hetero) is 1. The first-order chi connectivity index (χ1) is 16.1. The third-order valence-electron chi connectivity index (χ3n) is 6.02. The van der Waals surface area contributed by atoms with Crippen LogP contribution in [0.5, 0.6) is 17.2 Å². The molecule has 0 amide bonds. The first-order valence-corrected chi connectivity index (χ1v) is 11.1. The van der Waals surface area contributed by atoms with Crippen molar-refractivity contribution in [2.45, 2.75) is 32.2 Å². The molecule has 170 valence electrons. The number of ketones is 1. The monoisotopic (exact) mass is 446 g/mol. The average Bonchev–Trinajstić information content (AvgIpc) is 3.27. The molecular weight excluding hydrogens is 420 g/mol. The summed E-state index contributed by atoms with van der Waals surface area (Å²) >= 11 is 0. The summed E-state index contributed by atoms with van der Waals surface area (Å²) in [5, 5.41) is 8.19. The molecule has 0 saturated carbocycles.